The summed E-state index contributed by atoms with van der Waals surface area (Å²) in [6.07, 6.45) is 3.93. The van der Waals surface area contributed by atoms with Gasteiger partial charge in [0.05, 0.1) is 0 Å². The zero-order valence-electron chi connectivity index (χ0n) is 10.2. The Balaban J connectivity index is 2.19. The molecule has 0 amide bonds. The van der Waals surface area contributed by atoms with Crippen LogP contribution in [0.2, 0.25) is 0 Å². The van der Waals surface area contributed by atoms with Crippen molar-refractivity contribution in [2.45, 2.75) is 39.2 Å². The Bertz CT molecular complexity index is 354. The van der Waals surface area contributed by atoms with E-state index in [0.29, 0.717) is 0 Å². The second-order valence-electron chi connectivity index (χ2n) is 4.68. The van der Waals surface area contributed by atoms with Crippen LogP contribution in [0.15, 0.2) is 12.1 Å². The molecule has 1 aromatic heterocycles. The summed E-state index contributed by atoms with van der Waals surface area (Å²) in [5.74, 6) is 1.11. The number of hydrogen-bond acceptors (Lipinski definition) is 3. The lowest BCUT2D eigenvalue weighted by Crippen LogP contribution is -2.30. The topological polar surface area (TPSA) is 42.2 Å². The first kappa shape index (κ1) is 11.4. The van der Waals surface area contributed by atoms with Gasteiger partial charge >= 0.3 is 0 Å². The van der Waals surface area contributed by atoms with Gasteiger partial charge < -0.3 is 10.6 Å². The van der Waals surface area contributed by atoms with E-state index in [1.54, 1.807) is 0 Å². The highest BCUT2D eigenvalue weighted by Gasteiger charge is 2.13. The summed E-state index contributed by atoms with van der Waals surface area (Å²) in [6, 6.07) is 4.30. The number of aromatic nitrogens is 1. The summed E-state index contributed by atoms with van der Waals surface area (Å²) >= 11 is 0. The monoisotopic (exact) mass is 219 g/mol. The van der Waals surface area contributed by atoms with E-state index in [1.807, 2.05) is 13.8 Å². The minimum Gasteiger partial charge on any atom is -0.357 e. The molecule has 1 atom stereocenters. The van der Waals surface area contributed by atoms with Crippen LogP contribution in [0.1, 0.15) is 43.5 Å². The Hall–Kier alpha value is -1.09. The number of aryl methyl sites for hydroxylation is 1. The maximum atomic E-state index is 5.89. The number of piperidine rings is 1. The van der Waals surface area contributed by atoms with Crippen molar-refractivity contribution in [3.63, 3.8) is 0 Å². The van der Waals surface area contributed by atoms with Crippen LogP contribution in [0.5, 0.6) is 0 Å². The Morgan fingerprint density at radius 1 is 1.25 bits per heavy atom. The molecule has 0 bridgehead atoms. The Morgan fingerprint density at radius 2 is 1.94 bits per heavy atom. The third-order valence-corrected chi connectivity index (χ3v) is 3.28. The smallest absolute Gasteiger partial charge is 0.128 e. The van der Waals surface area contributed by atoms with Gasteiger partial charge in [0.25, 0.3) is 0 Å². The molecule has 1 aromatic rings. The first-order valence-electron chi connectivity index (χ1n) is 6.16. The fourth-order valence-electron chi connectivity index (χ4n) is 2.34. The molecular formula is C13H21N3. The molecule has 0 spiro atoms. The van der Waals surface area contributed by atoms with Gasteiger partial charge in [-0.05, 0) is 44.7 Å². The molecule has 88 valence electrons. The summed E-state index contributed by atoms with van der Waals surface area (Å²) in [6.45, 7) is 6.34. The van der Waals surface area contributed by atoms with Crippen molar-refractivity contribution in [3.8, 4) is 0 Å². The molecule has 1 aliphatic rings. The van der Waals surface area contributed by atoms with Gasteiger partial charge in [-0.1, -0.05) is 6.07 Å². The Morgan fingerprint density at radius 3 is 2.50 bits per heavy atom. The SMILES string of the molecule is Cc1nc(N2CCCCC2)ccc1[C@@H](C)N. The largest absolute Gasteiger partial charge is 0.357 e. The van der Waals surface area contributed by atoms with Gasteiger partial charge in [0.2, 0.25) is 0 Å². The number of nitrogens with zero attached hydrogens (tertiary/aromatic N) is 2. The zero-order valence-corrected chi connectivity index (χ0v) is 10.2. The molecule has 1 saturated heterocycles. The molecule has 0 radical (unpaired) electrons. The van der Waals surface area contributed by atoms with Crippen molar-refractivity contribution in [1.29, 1.82) is 0 Å². The van der Waals surface area contributed by atoms with Gasteiger partial charge in [-0.2, -0.15) is 0 Å². The maximum absolute atomic E-state index is 5.89. The van der Waals surface area contributed by atoms with E-state index < -0.39 is 0 Å². The van der Waals surface area contributed by atoms with Crippen LogP contribution in [0.4, 0.5) is 5.82 Å². The average molecular weight is 219 g/mol. The molecule has 0 saturated carbocycles. The Kier molecular flexibility index (Phi) is 3.44. The number of pyridine rings is 1. The van der Waals surface area contributed by atoms with E-state index in [9.17, 15) is 0 Å². The molecule has 3 nitrogen and oxygen atoms in total. The number of anilines is 1. The third-order valence-electron chi connectivity index (χ3n) is 3.28. The second-order valence-corrected chi connectivity index (χ2v) is 4.68. The van der Waals surface area contributed by atoms with E-state index >= 15 is 0 Å². The van der Waals surface area contributed by atoms with E-state index in [-0.39, 0.29) is 6.04 Å². The van der Waals surface area contributed by atoms with Crippen LogP contribution in [-0.2, 0) is 0 Å². The lowest BCUT2D eigenvalue weighted by atomic mass is 10.1. The molecule has 0 aliphatic carbocycles. The predicted octanol–water partition coefficient (Wildman–Crippen LogP) is 2.40. The molecule has 1 fully saturated rings. The molecule has 2 rings (SSSR count). The van der Waals surface area contributed by atoms with E-state index in [4.69, 9.17) is 5.73 Å². The summed E-state index contributed by atoms with van der Waals surface area (Å²) in [4.78, 5) is 7.04. The fourth-order valence-corrected chi connectivity index (χ4v) is 2.34. The van der Waals surface area contributed by atoms with Crippen molar-refractivity contribution in [1.82, 2.24) is 4.98 Å². The molecule has 3 heteroatoms. The quantitative estimate of drug-likeness (QED) is 0.830. The van der Waals surface area contributed by atoms with E-state index in [0.717, 1.165) is 30.2 Å². The van der Waals surface area contributed by atoms with Crippen LogP contribution in [0, 0.1) is 6.92 Å². The van der Waals surface area contributed by atoms with Crippen LogP contribution in [0.25, 0.3) is 0 Å². The summed E-state index contributed by atoms with van der Waals surface area (Å²) in [5.41, 5.74) is 8.11. The minimum absolute atomic E-state index is 0.0721. The molecule has 16 heavy (non-hydrogen) atoms. The van der Waals surface area contributed by atoms with E-state index in [2.05, 4.69) is 22.0 Å². The van der Waals surface area contributed by atoms with Gasteiger partial charge in [-0.15, -0.1) is 0 Å². The maximum Gasteiger partial charge on any atom is 0.128 e. The third kappa shape index (κ3) is 2.35. The zero-order chi connectivity index (χ0) is 11.5. The normalized spacial score (nSPS) is 18.6. The standard InChI is InChI=1S/C13H21N3/c1-10(14)12-6-7-13(15-11(12)2)16-8-4-3-5-9-16/h6-7,10H,3-5,8-9,14H2,1-2H3/t10-/m1/s1. The molecular weight excluding hydrogens is 198 g/mol. The van der Waals surface area contributed by atoms with Gasteiger partial charge in [0, 0.05) is 24.8 Å². The van der Waals surface area contributed by atoms with Gasteiger partial charge in [-0.25, -0.2) is 4.98 Å². The van der Waals surface area contributed by atoms with Crippen molar-refractivity contribution < 1.29 is 0 Å². The van der Waals surface area contributed by atoms with Gasteiger partial charge in [0.1, 0.15) is 5.82 Å². The highest BCUT2D eigenvalue weighted by Crippen LogP contribution is 2.21. The molecule has 0 aromatic carbocycles. The summed E-state index contributed by atoms with van der Waals surface area (Å²) in [7, 11) is 0. The van der Waals surface area contributed by atoms with Crippen LogP contribution < -0.4 is 10.6 Å². The average Bonchev–Trinajstić information content (AvgIpc) is 2.29. The lowest BCUT2D eigenvalue weighted by molar-refractivity contribution is 0.572. The number of nitrogens with two attached hydrogens (primary N) is 1. The second kappa shape index (κ2) is 4.83. The number of hydrogen-bond donors (Lipinski definition) is 1. The Labute approximate surface area is 97.7 Å². The fraction of sp³-hybridized carbons (Fsp3) is 0.615. The number of rotatable bonds is 2. The van der Waals surface area contributed by atoms with Crippen molar-refractivity contribution >= 4 is 5.82 Å². The molecule has 2 heterocycles. The first-order valence-corrected chi connectivity index (χ1v) is 6.16. The highest BCUT2D eigenvalue weighted by molar-refractivity contribution is 5.42. The molecule has 1 aliphatic heterocycles. The minimum atomic E-state index is 0.0721. The predicted molar refractivity (Wildman–Crippen MR) is 67.6 cm³/mol. The van der Waals surface area contributed by atoms with Crippen LogP contribution >= 0.6 is 0 Å². The highest BCUT2D eigenvalue weighted by atomic mass is 15.2. The van der Waals surface area contributed by atoms with Crippen molar-refractivity contribution in [2.24, 2.45) is 5.73 Å². The van der Waals surface area contributed by atoms with Gasteiger partial charge in [-0.3, -0.25) is 0 Å². The van der Waals surface area contributed by atoms with Gasteiger partial charge in [0.15, 0.2) is 0 Å². The van der Waals surface area contributed by atoms with Crippen molar-refractivity contribution in [3.05, 3.63) is 23.4 Å². The van der Waals surface area contributed by atoms with Crippen LogP contribution in [0.3, 0.4) is 0 Å². The summed E-state index contributed by atoms with van der Waals surface area (Å²) < 4.78 is 0. The summed E-state index contributed by atoms with van der Waals surface area (Å²) in [5, 5.41) is 0. The first-order chi connectivity index (χ1) is 7.68. The molecule has 0 unspecified atom stereocenters. The molecule has 2 N–H and O–H groups in total. The van der Waals surface area contributed by atoms with E-state index in [1.165, 1.54) is 19.3 Å². The van der Waals surface area contributed by atoms with Crippen LogP contribution in [-0.4, -0.2) is 18.1 Å². The lowest BCUT2D eigenvalue weighted by Gasteiger charge is -2.28. The van der Waals surface area contributed by atoms with Crippen molar-refractivity contribution in [2.75, 3.05) is 18.0 Å².